The van der Waals surface area contributed by atoms with Gasteiger partial charge in [0, 0.05) is 5.57 Å². The van der Waals surface area contributed by atoms with Gasteiger partial charge in [0.05, 0.1) is 0 Å². The third kappa shape index (κ3) is 2.36. The smallest absolute Gasteiger partial charge is 0.331 e. The number of aliphatic carboxylic acids is 1. The summed E-state index contributed by atoms with van der Waals surface area (Å²) in [6.07, 6.45) is 7.48. The molecule has 0 aromatic carbocycles. The maximum absolute atomic E-state index is 10.6. The molecule has 1 fully saturated rings. The molecule has 0 spiro atoms. The van der Waals surface area contributed by atoms with Crippen LogP contribution in [-0.2, 0) is 4.79 Å². The lowest BCUT2D eigenvalue weighted by Gasteiger charge is -2.03. The molecule has 0 bridgehead atoms. The van der Waals surface area contributed by atoms with E-state index in [-0.39, 0.29) is 0 Å². The molecule has 1 N–H and O–H groups in total. The number of rotatable bonds is 3. The zero-order valence-electron chi connectivity index (χ0n) is 7.55. The van der Waals surface area contributed by atoms with E-state index in [9.17, 15) is 4.79 Å². The number of carboxylic acid groups (broad SMARTS) is 1. The van der Waals surface area contributed by atoms with Gasteiger partial charge in [0.2, 0.25) is 0 Å². The maximum atomic E-state index is 10.6. The summed E-state index contributed by atoms with van der Waals surface area (Å²) in [6, 6.07) is 0. The number of hydrogen-bond donors (Lipinski definition) is 1. The van der Waals surface area contributed by atoms with Crippen LogP contribution in [0.2, 0.25) is 0 Å². The highest BCUT2D eigenvalue weighted by molar-refractivity contribution is 5.86. The Morgan fingerprint density at radius 3 is 2.50 bits per heavy atom. The van der Waals surface area contributed by atoms with Gasteiger partial charge < -0.3 is 5.11 Å². The van der Waals surface area contributed by atoms with E-state index >= 15 is 0 Å². The largest absolute Gasteiger partial charge is 0.478 e. The van der Waals surface area contributed by atoms with Crippen molar-refractivity contribution >= 4 is 5.97 Å². The van der Waals surface area contributed by atoms with Crippen molar-refractivity contribution in [3.63, 3.8) is 0 Å². The van der Waals surface area contributed by atoms with Gasteiger partial charge in [-0.15, -0.1) is 0 Å². The van der Waals surface area contributed by atoms with Crippen LogP contribution in [0.4, 0.5) is 0 Å². The molecule has 1 rings (SSSR count). The lowest BCUT2D eigenvalue weighted by Crippen LogP contribution is -2.01. The van der Waals surface area contributed by atoms with Gasteiger partial charge in [0.15, 0.2) is 0 Å². The summed E-state index contributed by atoms with van der Waals surface area (Å²) in [7, 11) is 0. The first kappa shape index (κ1) is 9.30. The minimum atomic E-state index is -0.746. The predicted molar refractivity (Wildman–Crippen MR) is 48.0 cm³/mol. The number of carboxylic acids is 1. The van der Waals surface area contributed by atoms with E-state index in [1.165, 1.54) is 25.7 Å². The van der Waals surface area contributed by atoms with Gasteiger partial charge in [0.25, 0.3) is 0 Å². The fourth-order valence-corrected chi connectivity index (χ4v) is 1.75. The summed E-state index contributed by atoms with van der Waals surface area (Å²) >= 11 is 0. The third-order valence-corrected chi connectivity index (χ3v) is 2.49. The minimum Gasteiger partial charge on any atom is -0.478 e. The summed E-state index contributed by atoms with van der Waals surface area (Å²) in [5.41, 5.74) is 0.585. The average Bonchev–Trinajstić information content (AvgIpc) is 2.51. The Hall–Kier alpha value is -0.790. The molecular weight excluding hydrogens is 152 g/mol. The van der Waals surface area contributed by atoms with E-state index in [1.54, 1.807) is 0 Å². The van der Waals surface area contributed by atoms with Crippen molar-refractivity contribution in [3.8, 4) is 0 Å². The number of carbonyl (C=O) groups is 1. The molecule has 0 saturated heterocycles. The molecular formula is C10H16O2. The Kier molecular flexibility index (Phi) is 3.32. The molecule has 0 amide bonds. The zero-order chi connectivity index (χ0) is 8.97. The Labute approximate surface area is 73.3 Å². The molecule has 1 saturated carbocycles. The highest BCUT2D eigenvalue weighted by Gasteiger charge is 2.14. The Balaban J connectivity index is 2.56. The van der Waals surface area contributed by atoms with E-state index in [4.69, 9.17) is 5.11 Å². The summed E-state index contributed by atoms with van der Waals surface area (Å²) in [5, 5.41) is 8.77. The van der Waals surface area contributed by atoms with E-state index in [1.807, 2.05) is 13.0 Å². The summed E-state index contributed by atoms with van der Waals surface area (Å²) in [4.78, 5) is 10.6. The second-order valence-corrected chi connectivity index (χ2v) is 3.40. The Bertz CT molecular complexity index is 188. The molecule has 2 heteroatoms. The molecule has 1 aliphatic carbocycles. The SMILES string of the molecule is CC/C(=C\C1CCCC1)C(=O)O. The first-order valence-electron chi connectivity index (χ1n) is 4.68. The van der Waals surface area contributed by atoms with Gasteiger partial charge >= 0.3 is 5.97 Å². The minimum absolute atomic E-state index is 0.538. The van der Waals surface area contributed by atoms with Crippen molar-refractivity contribution < 1.29 is 9.90 Å². The molecule has 12 heavy (non-hydrogen) atoms. The van der Waals surface area contributed by atoms with Crippen LogP contribution in [0.3, 0.4) is 0 Å². The maximum Gasteiger partial charge on any atom is 0.331 e. The van der Waals surface area contributed by atoms with Crippen LogP contribution in [0.1, 0.15) is 39.0 Å². The topological polar surface area (TPSA) is 37.3 Å². The standard InChI is InChI=1S/C10H16O2/c1-2-9(10(11)12)7-8-5-3-4-6-8/h7-8H,2-6H2,1H3,(H,11,12)/b9-7+. The molecule has 0 atom stereocenters. The van der Waals surface area contributed by atoms with Crippen LogP contribution >= 0.6 is 0 Å². The average molecular weight is 168 g/mol. The molecule has 0 radical (unpaired) electrons. The highest BCUT2D eigenvalue weighted by Crippen LogP contribution is 2.27. The Morgan fingerprint density at radius 2 is 2.08 bits per heavy atom. The third-order valence-electron chi connectivity index (χ3n) is 2.49. The van der Waals surface area contributed by atoms with Crippen LogP contribution in [0.15, 0.2) is 11.6 Å². The van der Waals surface area contributed by atoms with Crippen LogP contribution in [-0.4, -0.2) is 11.1 Å². The summed E-state index contributed by atoms with van der Waals surface area (Å²) < 4.78 is 0. The van der Waals surface area contributed by atoms with Gasteiger partial charge in [0.1, 0.15) is 0 Å². The van der Waals surface area contributed by atoms with Gasteiger partial charge in [-0.3, -0.25) is 0 Å². The second kappa shape index (κ2) is 4.29. The molecule has 1 aliphatic rings. The fourth-order valence-electron chi connectivity index (χ4n) is 1.75. The summed E-state index contributed by atoms with van der Waals surface area (Å²) in [6.45, 7) is 1.90. The number of allylic oxidation sites excluding steroid dienone is 1. The monoisotopic (exact) mass is 168 g/mol. The molecule has 0 aromatic rings. The lowest BCUT2D eigenvalue weighted by molar-refractivity contribution is -0.132. The summed E-state index contributed by atoms with van der Waals surface area (Å²) in [5.74, 6) is -0.208. The van der Waals surface area contributed by atoms with Gasteiger partial charge in [-0.05, 0) is 25.2 Å². The molecule has 0 aliphatic heterocycles. The molecule has 0 unspecified atom stereocenters. The van der Waals surface area contributed by atoms with Gasteiger partial charge in [-0.25, -0.2) is 4.79 Å². The molecule has 2 nitrogen and oxygen atoms in total. The van der Waals surface area contributed by atoms with Crippen LogP contribution in [0.25, 0.3) is 0 Å². The van der Waals surface area contributed by atoms with E-state index in [2.05, 4.69) is 0 Å². The van der Waals surface area contributed by atoms with Gasteiger partial charge in [-0.2, -0.15) is 0 Å². The van der Waals surface area contributed by atoms with Crippen molar-refractivity contribution in [3.05, 3.63) is 11.6 Å². The second-order valence-electron chi connectivity index (χ2n) is 3.40. The van der Waals surface area contributed by atoms with Crippen LogP contribution < -0.4 is 0 Å². The van der Waals surface area contributed by atoms with Crippen molar-refractivity contribution in [2.24, 2.45) is 5.92 Å². The van der Waals surface area contributed by atoms with Crippen LogP contribution in [0.5, 0.6) is 0 Å². The van der Waals surface area contributed by atoms with Crippen molar-refractivity contribution in [1.29, 1.82) is 0 Å². The van der Waals surface area contributed by atoms with E-state index in [0.29, 0.717) is 17.9 Å². The molecule has 0 heterocycles. The Morgan fingerprint density at radius 1 is 1.50 bits per heavy atom. The fraction of sp³-hybridized carbons (Fsp3) is 0.700. The van der Waals surface area contributed by atoms with E-state index < -0.39 is 5.97 Å². The quantitative estimate of drug-likeness (QED) is 0.658. The molecule has 68 valence electrons. The lowest BCUT2D eigenvalue weighted by atomic mass is 10.0. The first-order valence-corrected chi connectivity index (χ1v) is 4.68. The van der Waals surface area contributed by atoms with Gasteiger partial charge in [-0.1, -0.05) is 25.8 Å². The molecule has 0 aromatic heterocycles. The van der Waals surface area contributed by atoms with Crippen molar-refractivity contribution in [1.82, 2.24) is 0 Å². The highest BCUT2D eigenvalue weighted by atomic mass is 16.4. The first-order chi connectivity index (χ1) is 5.74. The zero-order valence-corrected chi connectivity index (χ0v) is 7.55. The van der Waals surface area contributed by atoms with Crippen LogP contribution in [0, 0.1) is 5.92 Å². The van der Waals surface area contributed by atoms with E-state index in [0.717, 1.165) is 0 Å². The van der Waals surface area contributed by atoms with Crippen molar-refractivity contribution in [2.75, 3.05) is 0 Å². The van der Waals surface area contributed by atoms with Crippen molar-refractivity contribution in [2.45, 2.75) is 39.0 Å². The predicted octanol–water partition coefficient (Wildman–Crippen LogP) is 2.60. The number of hydrogen-bond acceptors (Lipinski definition) is 1. The normalized spacial score (nSPS) is 19.9.